The average molecular weight is 353 g/mol. The zero-order valence-corrected chi connectivity index (χ0v) is 15.6. The third kappa shape index (κ3) is 4.26. The van der Waals surface area contributed by atoms with Crippen molar-refractivity contribution in [2.24, 2.45) is 0 Å². The van der Waals surface area contributed by atoms with E-state index in [1.165, 1.54) is 24.2 Å². The van der Waals surface area contributed by atoms with Gasteiger partial charge in [0.2, 0.25) is 5.91 Å². The third-order valence-corrected chi connectivity index (χ3v) is 5.41. The van der Waals surface area contributed by atoms with Crippen molar-refractivity contribution < 1.29 is 19.4 Å². The number of carbonyl (C=O) groups excluding carboxylic acids is 2. The monoisotopic (exact) mass is 353 g/mol. The molecule has 3 rings (SSSR count). The molecule has 3 fully saturated rings. The van der Waals surface area contributed by atoms with Gasteiger partial charge in [0.1, 0.15) is 11.6 Å². The van der Waals surface area contributed by atoms with Crippen LogP contribution < -0.4 is 0 Å². The number of piperazine rings is 1. The molecule has 1 saturated carbocycles. The quantitative estimate of drug-likeness (QED) is 0.803. The Morgan fingerprint density at radius 1 is 1.08 bits per heavy atom. The predicted octanol–water partition coefficient (Wildman–Crippen LogP) is 1.05. The first kappa shape index (κ1) is 18.5. The van der Waals surface area contributed by atoms with Crippen molar-refractivity contribution in [1.82, 2.24) is 14.7 Å². The Kier molecular flexibility index (Phi) is 5.25. The number of amides is 2. The molecule has 1 N–H and O–H groups in total. The van der Waals surface area contributed by atoms with Crippen LogP contribution in [0.5, 0.6) is 0 Å². The standard InChI is InChI=1S/C18H31N3O4/c1-18(2,3)25-17(24)21-12-14(22)11-15(21)16(23)20-9-7-19(8-10-20)13-5-4-6-13/h13-15,22H,4-12H2,1-3H3/t14-,15+/m1/s1. The Bertz CT molecular complexity index is 507. The van der Waals surface area contributed by atoms with Gasteiger partial charge in [0.05, 0.1) is 12.6 Å². The van der Waals surface area contributed by atoms with Gasteiger partial charge in [-0.3, -0.25) is 14.6 Å². The maximum absolute atomic E-state index is 12.9. The Balaban J connectivity index is 1.58. The molecule has 25 heavy (non-hydrogen) atoms. The molecule has 0 unspecified atom stereocenters. The minimum atomic E-state index is -0.669. The molecule has 0 aromatic carbocycles. The lowest BCUT2D eigenvalue weighted by molar-refractivity contribution is -0.138. The molecule has 3 aliphatic rings. The smallest absolute Gasteiger partial charge is 0.411 e. The van der Waals surface area contributed by atoms with Crippen molar-refractivity contribution in [2.75, 3.05) is 32.7 Å². The highest BCUT2D eigenvalue weighted by Gasteiger charge is 2.43. The number of hydrogen-bond acceptors (Lipinski definition) is 5. The lowest BCUT2D eigenvalue weighted by atomic mass is 9.91. The van der Waals surface area contributed by atoms with Crippen molar-refractivity contribution in [1.29, 1.82) is 0 Å². The molecule has 2 amide bonds. The second-order valence-corrected chi connectivity index (χ2v) is 8.48. The summed E-state index contributed by atoms with van der Waals surface area (Å²) in [6, 6.07) is 0.0870. The minimum Gasteiger partial charge on any atom is -0.444 e. The SMILES string of the molecule is CC(C)(C)OC(=O)N1C[C@H](O)C[C@H]1C(=O)N1CCN(C2CCC2)CC1. The second-order valence-electron chi connectivity index (χ2n) is 8.48. The fourth-order valence-electron chi connectivity index (χ4n) is 3.84. The van der Waals surface area contributed by atoms with E-state index in [1.807, 2.05) is 4.90 Å². The van der Waals surface area contributed by atoms with E-state index in [9.17, 15) is 14.7 Å². The Hall–Kier alpha value is -1.34. The number of likely N-dealkylation sites (tertiary alicyclic amines) is 1. The van der Waals surface area contributed by atoms with E-state index in [1.54, 1.807) is 20.8 Å². The van der Waals surface area contributed by atoms with Crippen LogP contribution >= 0.6 is 0 Å². The number of aliphatic hydroxyl groups excluding tert-OH is 1. The van der Waals surface area contributed by atoms with Gasteiger partial charge in [0, 0.05) is 38.6 Å². The number of β-amino-alcohol motifs (C(OH)–C–C–N with tert-alkyl or cyclic N) is 1. The van der Waals surface area contributed by atoms with Gasteiger partial charge in [-0.05, 0) is 33.6 Å². The van der Waals surface area contributed by atoms with Crippen LogP contribution in [0.1, 0.15) is 46.5 Å². The van der Waals surface area contributed by atoms with Gasteiger partial charge in [0.25, 0.3) is 0 Å². The maximum atomic E-state index is 12.9. The Morgan fingerprint density at radius 3 is 2.24 bits per heavy atom. The van der Waals surface area contributed by atoms with Crippen LogP contribution in [0, 0.1) is 0 Å². The predicted molar refractivity (Wildman–Crippen MR) is 93.1 cm³/mol. The fourth-order valence-corrected chi connectivity index (χ4v) is 3.84. The summed E-state index contributed by atoms with van der Waals surface area (Å²) in [7, 11) is 0. The van der Waals surface area contributed by atoms with Crippen LogP contribution in [0.25, 0.3) is 0 Å². The molecule has 2 atom stereocenters. The highest BCUT2D eigenvalue weighted by Crippen LogP contribution is 2.27. The van der Waals surface area contributed by atoms with E-state index in [0.29, 0.717) is 25.6 Å². The molecule has 142 valence electrons. The number of nitrogens with zero attached hydrogens (tertiary/aromatic N) is 3. The van der Waals surface area contributed by atoms with E-state index in [-0.39, 0.29) is 12.5 Å². The van der Waals surface area contributed by atoms with Crippen molar-refractivity contribution in [3.05, 3.63) is 0 Å². The van der Waals surface area contributed by atoms with Gasteiger partial charge >= 0.3 is 6.09 Å². The summed E-state index contributed by atoms with van der Waals surface area (Å²) in [4.78, 5) is 31.1. The highest BCUT2D eigenvalue weighted by atomic mass is 16.6. The Morgan fingerprint density at radius 2 is 1.72 bits per heavy atom. The molecular weight excluding hydrogens is 322 g/mol. The molecule has 7 heteroatoms. The topological polar surface area (TPSA) is 73.3 Å². The molecule has 0 bridgehead atoms. The van der Waals surface area contributed by atoms with Crippen LogP contribution in [-0.2, 0) is 9.53 Å². The summed E-state index contributed by atoms with van der Waals surface area (Å²) >= 11 is 0. The van der Waals surface area contributed by atoms with E-state index in [4.69, 9.17) is 4.74 Å². The van der Waals surface area contributed by atoms with E-state index in [0.717, 1.165) is 13.1 Å². The summed E-state index contributed by atoms with van der Waals surface area (Å²) in [6.07, 6.45) is 2.97. The zero-order chi connectivity index (χ0) is 18.2. The summed E-state index contributed by atoms with van der Waals surface area (Å²) < 4.78 is 5.41. The molecule has 1 aliphatic carbocycles. The van der Waals surface area contributed by atoms with Gasteiger partial charge in [-0.2, -0.15) is 0 Å². The second kappa shape index (κ2) is 7.11. The molecule has 2 saturated heterocycles. The van der Waals surface area contributed by atoms with E-state index in [2.05, 4.69) is 4.90 Å². The number of hydrogen-bond donors (Lipinski definition) is 1. The van der Waals surface area contributed by atoms with Gasteiger partial charge in [-0.15, -0.1) is 0 Å². The molecule has 7 nitrogen and oxygen atoms in total. The molecule has 0 radical (unpaired) electrons. The Labute approximate surface area is 149 Å². The normalized spacial score (nSPS) is 28.8. The van der Waals surface area contributed by atoms with Crippen LogP contribution in [0.4, 0.5) is 4.79 Å². The number of ether oxygens (including phenoxy) is 1. The molecule has 0 aromatic rings. The van der Waals surface area contributed by atoms with Gasteiger partial charge in [-0.25, -0.2) is 4.79 Å². The van der Waals surface area contributed by atoms with Crippen molar-refractivity contribution in [2.45, 2.75) is 70.2 Å². The van der Waals surface area contributed by atoms with Crippen LogP contribution in [-0.4, -0.2) is 88.3 Å². The number of carbonyl (C=O) groups is 2. The summed E-state index contributed by atoms with van der Waals surface area (Å²) in [5.41, 5.74) is -0.618. The molecule has 2 heterocycles. The summed E-state index contributed by atoms with van der Waals surface area (Å²) in [6.45, 7) is 8.76. The van der Waals surface area contributed by atoms with Crippen molar-refractivity contribution >= 4 is 12.0 Å². The first-order chi connectivity index (χ1) is 11.7. The third-order valence-electron chi connectivity index (χ3n) is 5.41. The highest BCUT2D eigenvalue weighted by molar-refractivity contribution is 5.86. The molecule has 0 aromatic heterocycles. The first-order valence-corrected chi connectivity index (χ1v) is 9.45. The van der Waals surface area contributed by atoms with Crippen LogP contribution in [0.2, 0.25) is 0 Å². The van der Waals surface area contributed by atoms with E-state index >= 15 is 0 Å². The molecule has 0 spiro atoms. The summed E-state index contributed by atoms with van der Waals surface area (Å²) in [5.74, 6) is -0.0596. The average Bonchev–Trinajstić information content (AvgIpc) is 2.86. The van der Waals surface area contributed by atoms with Crippen molar-refractivity contribution in [3.8, 4) is 0 Å². The van der Waals surface area contributed by atoms with Crippen LogP contribution in [0.15, 0.2) is 0 Å². The zero-order valence-electron chi connectivity index (χ0n) is 15.6. The largest absolute Gasteiger partial charge is 0.444 e. The number of aliphatic hydroxyl groups is 1. The van der Waals surface area contributed by atoms with Crippen molar-refractivity contribution in [3.63, 3.8) is 0 Å². The fraction of sp³-hybridized carbons (Fsp3) is 0.889. The lowest BCUT2D eigenvalue weighted by Crippen LogP contribution is -2.57. The molecule has 2 aliphatic heterocycles. The van der Waals surface area contributed by atoms with Gasteiger partial charge in [-0.1, -0.05) is 6.42 Å². The maximum Gasteiger partial charge on any atom is 0.411 e. The first-order valence-electron chi connectivity index (χ1n) is 9.45. The summed E-state index contributed by atoms with van der Waals surface area (Å²) in [5, 5.41) is 9.99. The lowest BCUT2D eigenvalue weighted by Gasteiger charge is -2.43. The minimum absolute atomic E-state index is 0.0596. The molecular formula is C18H31N3O4. The van der Waals surface area contributed by atoms with Gasteiger partial charge in [0.15, 0.2) is 0 Å². The van der Waals surface area contributed by atoms with Gasteiger partial charge < -0.3 is 14.7 Å². The number of rotatable bonds is 2. The van der Waals surface area contributed by atoms with E-state index < -0.39 is 23.8 Å². The van der Waals surface area contributed by atoms with Crippen LogP contribution in [0.3, 0.4) is 0 Å².